The van der Waals surface area contributed by atoms with Gasteiger partial charge in [-0.05, 0) is 54.2 Å². The quantitative estimate of drug-likeness (QED) is 0.768. The van der Waals surface area contributed by atoms with E-state index in [2.05, 4.69) is 55.6 Å². The summed E-state index contributed by atoms with van der Waals surface area (Å²) in [4.78, 5) is 10.6. The van der Waals surface area contributed by atoms with Crippen LogP contribution in [0.3, 0.4) is 0 Å². The molecule has 0 aromatic carbocycles. The first-order chi connectivity index (χ1) is 10.2. The van der Waals surface area contributed by atoms with Crippen LogP contribution in [0.5, 0.6) is 0 Å². The second-order valence-electron chi connectivity index (χ2n) is 5.18. The normalized spacial score (nSPS) is 14.2. The van der Waals surface area contributed by atoms with Crippen molar-refractivity contribution in [1.29, 1.82) is 0 Å². The Balaban J connectivity index is 1.63. The van der Waals surface area contributed by atoms with Crippen molar-refractivity contribution in [3.05, 3.63) is 32.7 Å². The molecule has 0 saturated heterocycles. The van der Waals surface area contributed by atoms with E-state index in [9.17, 15) is 0 Å². The van der Waals surface area contributed by atoms with E-state index in [4.69, 9.17) is 0 Å². The highest BCUT2D eigenvalue weighted by molar-refractivity contribution is 9.11. The number of anilines is 2. The maximum Gasteiger partial charge on any atom is 0.136 e. The van der Waals surface area contributed by atoms with Gasteiger partial charge in [-0.3, -0.25) is 0 Å². The lowest BCUT2D eigenvalue weighted by molar-refractivity contribution is 0.914. The molecule has 4 nitrogen and oxygen atoms in total. The molecule has 1 aliphatic rings. The Kier molecular flexibility index (Phi) is 4.75. The van der Waals surface area contributed by atoms with Gasteiger partial charge in [-0.2, -0.15) is 0 Å². The fraction of sp³-hybridized carbons (Fsp3) is 0.467. The van der Waals surface area contributed by atoms with Crippen molar-refractivity contribution < 1.29 is 0 Å². The number of rotatable bonds is 7. The first-order valence-electron chi connectivity index (χ1n) is 7.35. The van der Waals surface area contributed by atoms with E-state index in [0.29, 0.717) is 5.92 Å². The maximum atomic E-state index is 4.65. The number of aromatic nitrogens is 2. The molecule has 0 aliphatic heterocycles. The lowest BCUT2D eigenvalue weighted by atomic mass is 10.3. The van der Waals surface area contributed by atoms with Gasteiger partial charge in [0.15, 0.2) is 0 Å². The van der Waals surface area contributed by atoms with Gasteiger partial charge in [0.2, 0.25) is 0 Å². The molecule has 0 radical (unpaired) electrons. The summed E-state index contributed by atoms with van der Waals surface area (Å²) < 4.78 is 1.19. The summed E-state index contributed by atoms with van der Waals surface area (Å²) in [5.41, 5.74) is 0. The third kappa shape index (κ3) is 4.17. The van der Waals surface area contributed by atoms with Gasteiger partial charge in [0.25, 0.3) is 0 Å². The van der Waals surface area contributed by atoms with Gasteiger partial charge in [0.1, 0.15) is 17.5 Å². The van der Waals surface area contributed by atoms with Crippen LogP contribution in [0.25, 0.3) is 0 Å². The standard InChI is InChI=1S/C15H19BrN4S/c1-2-17-13-9-14(20-15(19-13)10-3-4-10)18-8-7-11-5-6-12(16)21-11/h5-6,9-10H,2-4,7-8H2,1H3,(H2,17,18,19,20). The van der Waals surface area contributed by atoms with Crippen LogP contribution in [0.15, 0.2) is 22.0 Å². The zero-order valence-corrected chi connectivity index (χ0v) is 14.4. The summed E-state index contributed by atoms with van der Waals surface area (Å²) in [5.74, 6) is 3.40. The number of halogens is 1. The second-order valence-corrected chi connectivity index (χ2v) is 7.73. The summed E-state index contributed by atoms with van der Waals surface area (Å²) in [6, 6.07) is 6.26. The largest absolute Gasteiger partial charge is 0.370 e. The molecule has 2 aromatic heterocycles. The van der Waals surface area contributed by atoms with Crippen molar-refractivity contribution in [2.24, 2.45) is 0 Å². The predicted molar refractivity (Wildman–Crippen MR) is 92.4 cm³/mol. The van der Waals surface area contributed by atoms with Crippen molar-refractivity contribution in [3.8, 4) is 0 Å². The van der Waals surface area contributed by atoms with Crippen LogP contribution in [0.2, 0.25) is 0 Å². The Hall–Kier alpha value is -1.14. The van der Waals surface area contributed by atoms with Gasteiger partial charge in [-0.15, -0.1) is 11.3 Å². The van der Waals surface area contributed by atoms with Crippen LogP contribution in [0.1, 0.15) is 36.4 Å². The molecule has 0 spiro atoms. The van der Waals surface area contributed by atoms with Crippen LogP contribution in [-0.2, 0) is 6.42 Å². The van der Waals surface area contributed by atoms with Gasteiger partial charge in [0.05, 0.1) is 3.79 Å². The topological polar surface area (TPSA) is 49.8 Å². The summed E-state index contributed by atoms with van der Waals surface area (Å²) in [5, 5.41) is 6.71. The average molecular weight is 367 g/mol. The van der Waals surface area contributed by atoms with E-state index in [0.717, 1.165) is 37.0 Å². The molecule has 2 N–H and O–H groups in total. The van der Waals surface area contributed by atoms with E-state index >= 15 is 0 Å². The molecule has 3 rings (SSSR count). The molecule has 112 valence electrons. The zero-order valence-electron chi connectivity index (χ0n) is 12.0. The smallest absolute Gasteiger partial charge is 0.136 e. The second kappa shape index (κ2) is 6.75. The number of hydrogen-bond acceptors (Lipinski definition) is 5. The maximum absolute atomic E-state index is 4.65. The summed E-state index contributed by atoms with van der Waals surface area (Å²) in [7, 11) is 0. The van der Waals surface area contributed by atoms with Crippen molar-refractivity contribution >= 4 is 38.9 Å². The zero-order chi connectivity index (χ0) is 14.7. The molecule has 2 aromatic rings. The van der Waals surface area contributed by atoms with E-state index in [1.807, 2.05) is 6.07 Å². The van der Waals surface area contributed by atoms with Gasteiger partial charge < -0.3 is 10.6 Å². The number of hydrogen-bond donors (Lipinski definition) is 2. The minimum absolute atomic E-state index is 0.567. The van der Waals surface area contributed by atoms with Gasteiger partial charge in [-0.25, -0.2) is 9.97 Å². The van der Waals surface area contributed by atoms with Crippen LogP contribution < -0.4 is 10.6 Å². The minimum atomic E-state index is 0.567. The van der Waals surface area contributed by atoms with Crippen LogP contribution in [-0.4, -0.2) is 23.1 Å². The van der Waals surface area contributed by atoms with Crippen molar-refractivity contribution in [3.63, 3.8) is 0 Å². The SMILES string of the molecule is CCNc1cc(NCCc2ccc(Br)s2)nc(C2CC2)n1. The molecule has 21 heavy (non-hydrogen) atoms. The molecule has 1 aliphatic carbocycles. The molecule has 1 fully saturated rings. The third-order valence-corrected chi connectivity index (χ3v) is 5.03. The Morgan fingerprint density at radius 1 is 1.24 bits per heavy atom. The van der Waals surface area contributed by atoms with Gasteiger partial charge in [-0.1, -0.05) is 0 Å². The van der Waals surface area contributed by atoms with Gasteiger partial charge in [0, 0.05) is 30.0 Å². The molecule has 0 bridgehead atoms. The Morgan fingerprint density at radius 3 is 2.62 bits per heavy atom. The Bertz CT molecular complexity index is 609. The molecule has 6 heteroatoms. The first kappa shape index (κ1) is 14.8. The molecule has 1 saturated carbocycles. The van der Waals surface area contributed by atoms with Crippen LogP contribution in [0.4, 0.5) is 11.6 Å². The van der Waals surface area contributed by atoms with E-state index < -0.39 is 0 Å². The third-order valence-electron chi connectivity index (χ3n) is 3.35. The minimum Gasteiger partial charge on any atom is -0.370 e. The highest BCUT2D eigenvalue weighted by atomic mass is 79.9. The van der Waals surface area contributed by atoms with Crippen molar-refractivity contribution in [2.75, 3.05) is 23.7 Å². The lowest BCUT2D eigenvalue weighted by Crippen LogP contribution is -2.09. The van der Waals surface area contributed by atoms with Crippen LogP contribution >= 0.6 is 27.3 Å². The fourth-order valence-corrected chi connectivity index (χ4v) is 3.63. The number of nitrogens with zero attached hydrogens (tertiary/aromatic N) is 2. The molecular formula is C15H19BrN4S. The average Bonchev–Trinajstić information content (AvgIpc) is 3.23. The lowest BCUT2D eigenvalue weighted by Gasteiger charge is -2.10. The first-order valence-corrected chi connectivity index (χ1v) is 8.96. The highest BCUT2D eigenvalue weighted by Gasteiger charge is 2.27. The number of nitrogens with one attached hydrogen (secondary N) is 2. The van der Waals surface area contributed by atoms with E-state index in [1.54, 1.807) is 11.3 Å². The van der Waals surface area contributed by atoms with E-state index in [1.165, 1.54) is 21.5 Å². The fourth-order valence-electron chi connectivity index (χ4n) is 2.15. The molecule has 2 heterocycles. The van der Waals surface area contributed by atoms with Crippen molar-refractivity contribution in [1.82, 2.24) is 9.97 Å². The summed E-state index contributed by atoms with van der Waals surface area (Å²) >= 11 is 5.28. The molecule has 0 atom stereocenters. The summed E-state index contributed by atoms with van der Waals surface area (Å²) in [6.45, 7) is 3.85. The highest BCUT2D eigenvalue weighted by Crippen LogP contribution is 2.38. The Labute approximate surface area is 137 Å². The van der Waals surface area contributed by atoms with Crippen LogP contribution in [0, 0.1) is 0 Å². The monoisotopic (exact) mass is 366 g/mol. The van der Waals surface area contributed by atoms with Gasteiger partial charge >= 0.3 is 0 Å². The molecule has 0 unspecified atom stereocenters. The molecular weight excluding hydrogens is 348 g/mol. The molecule has 0 amide bonds. The predicted octanol–water partition coefficient (Wildman–Crippen LogP) is 4.26. The Morgan fingerprint density at radius 2 is 2.00 bits per heavy atom. The summed E-state index contributed by atoms with van der Waals surface area (Å²) in [6.07, 6.45) is 3.45. The van der Waals surface area contributed by atoms with Crippen molar-refractivity contribution in [2.45, 2.75) is 32.1 Å². The number of thiophene rings is 1. The van der Waals surface area contributed by atoms with E-state index in [-0.39, 0.29) is 0 Å².